The highest BCUT2D eigenvalue weighted by molar-refractivity contribution is 7.84. The van der Waals surface area contributed by atoms with Gasteiger partial charge in [0, 0.05) is 24.4 Å². The summed E-state index contributed by atoms with van der Waals surface area (Å²) in [5.41, 5.74) is 1.57. The molecular formula is C21H24N6O5S. The SMILES string of the molecule is NS(=O)(=O)OC[C@H]1C[C@@H](Nc2ncncc2C(=O)c2ccn(Cc3ccccc3)n2)C[C@@H]1O. The van der Waals surface area contributed by atoms with Crippen LogP contribution < -0.4 is 10.5 Å². The van der Waals surface area contributed by atoms with Crippen molar-refractivity contribution in [1.29, 1.82) is 0 Å². The molecule has 0 unspecified atom stereocenters. The average Bonchev–Trinajstić information content (AvgIpc) is 3.38. The van der Waals surface area contributed by atoms with Gasteiger partial charge in [0.15, 0.2) is 0 Å². The van der Waals surface area contributed by atoms with Gasteiger partial charge in [0.05, 0.1) is 24.8 Å². The van der Waals surface area contributed by atoms with Crippen LogP contribution in [0.1, 0.15) is 34.5 Å². The van der Waals surface area contributed by atoms with Gasteiger partial charge in [-0.05, 0) is 24.5 Å². The summed E-state index contributed by atoms with van der Waals surface area (Å²) in [4.78, 5) is 21.3. The van der Waals surface area contributed by atoms with E-state index >= 15 is 0 Å². The van der Waals surface area contributed by atoms with Crippen LogP contribution in [0.25, 0.3) is 0 Å². The first-order valence-corrected chi connectivity index (χ1v) is 11.8. The molecule has 1 fully saturated rings. The Bertz CT molecular complexity index is 1220. The number of nitrogens with two attached hydrogens (primary N) is 1. The predicted molar refractivity (Wildman–Crippen MR) is 118 cm³/mol. The number of aromatic nitrogens is 4. The second kappa shape index (κ2) is 9.75. The Morgan fingerprint density at radius 3 is 2.79 bits per heavy atom. The average molecular weight is 473 g/mol. The van der Waals surface area contributed by atoms with Crippen molar-refractivity contribution in [3.8, 4) is 0 Å². The van der Waals surface area contributed by atoms with Gasteiger partial charge in [-0.15, -0.1) is 0 Å². The van der Waals surface area contributed by atoms with Crippen molar-refractivity contribution in [2.45, 2.75) is 31.5 Å². The van der Waals surface area contributed by atoms with Gasteiger partial charge in [0.25, 0.3) is 0 Å². The van der Waals surface area contributed by atoms with E-state index in [0.717, 1.165) is 5.56 Å². The van der Waals surface area contributed by atoms with E-state index in [1.165, 1.54) is 12.5 Å². The minimum Gasteiger partial charge on any atom is -0.393 e. The molecule has 33 heavy (non-hydrogen) atoms. The number of carbonyl (C=O) groups excluding carboxylic acids is 1. The van der Waals surface area contributed by atoms with Gasteiger partial charge in [-0.25, -0.2) is 15.1 Å². The number of aliphatic hydroxyl groups is 1. The summed E-state index contributed by atoms with van der Waals surface area (Å²) in [6.45, 7) is 0.319. The molecule has 2 heterocycles. The summed E-state index contributed by atoms with van der Waals surface area (Å²) in [5.74, 6) is -0.439. The lowest BCUT2D eigenvalue weighted by Gasteiger charge is -2.15. The maximum atomic E-state index is 13.1. The van der Waals surface area contributed by atoms with E-state index < -0.39 is 22.3 Å². The minimum absolute atomic E-state index is 0.216. The van der Waals surface area contributed by atoms with Gasteiger partial charge in [-0.3, -0.25) is 13.7 Å². The zero-order chi connectivity index (χ0) is 23.4. The van der Waals surface area contributed by atoms with Crippen LogP contribution in [0, 0.1) is 5.92 Å². The number of ketones is 1. The lowest BCUT2D eigenvalue weighted by molar-refractivity contribution is 0.101. The third kappa shape index (κ3) is 5.99. The molecule has 174 valence electrons. The first kappa shape index (κ1) is 23.0. The number of nitrogens with zero attached hydrogens (tertiary/aromatic N) is 4. The molecule has 4 rings (SSSR count). The van der Waals surface area contributed by atoms with Crippen LogP contribution in [0.4, 0.5) is 5.82 Å². The van der Waals surface area contributed by atoms with Crippen LogP contribution in [0.3, 0.4) is 0 Å². The second-order valence-electron chi connectivity index (χ2n) is 7.92. The topological polar surface area (TPSA) is 162 Å². The number of benzene rings is 1. The number of hydrogen-bond donors (Lipinski definition) is 3. The zero-order valence-electron chi connectivity index (χ0n) is 17.6. The lowest BCUT2D eigenvalue weighted by atomic mass is 10.1. The quantitative estimate of drug-likeness (QED) is 0.381. The molecule has 3 aromatic rings. The summed E-state index contributed by atoms with van der Waals surface area (Å²) < 4.78 is 28.3. The molecule has 0 spiro atoms. The van der Waals surface area contributed by atoms with Crippen molar-refractivity contribution in [2.75, 3.05) is 11.9 Å². The number of anilines is 1. The molecule has 0 radical (unpaired) electrons. The summed E-state index contributed by atoms with van der Waals surface area (Å²) in [6.07, 6.45) is 4.45. The minimum atomic E-state index is -4.08. The Morgan fingerprint density at radius 2 is 2.03 bits per heavy atom. The predicted octanol–water partition coefficient (Wildman–Crippen LogP) is 0.724. The van der Waals surface area contributed by atoms with Crippen molar-refractivity contribution >= 4 is 21.9 Å². The second-order valence-corrected chi connectivity index (χ2v) is 9.14. The van der Waals surface area contributed by atoms with Crippen LogP contribution in [0.5, 0.6) is 0 Å². The number of rotatable bonds is 9. The lowest BCUT2D eigenvalue weighted by Crippen LogP contribution is -2.24. The highest BCUT2D eigenvalue weighted by Gasteiger charge is 2.34. The van der Waals surface area contributed by atoms with Crippen LogP contribution >= 0.6 is 0 Å². The molecular weight excluding hydrogens is 448 g/mol. The van der Waals surface area contributed by atoms with Gasteiger partial charge in [-0.2, -0.15) is 13.5 Å². The van der Waals surface area contributed by atoms with E-state index in [-0.39, 0.29) is 29.7 Å². The molecule has 0 saturated heterocycles. The normalized spacial score (nSPS) is 20.6. The molecule has 1 aromatic carbocycles. The molecule has 1 aliphatic rings. The Morgan fingerprint density at radius 1 is 1.24 bits per heavy atom. The van der Waals surface area contributed by atoms with E-state index in [0.29, 0.717) is 25.2 Å². The van der Waals surface area contributed by atoms with Gasteiger partial charge in [-0.1, -0.05) is 30.3 Å². The highest BCUT2D eigenvalue weighted by atomic mass is 32.2. The molecule has 0 aliphatic heterocycles. The summed E-state index contributed by atoms with van der Waals surface area (Å²) in [7, 11) is -4.08. The van der Waals surface area contributed by atoms with Gasteiger partial charge in [0.2, 0.25) is 5.78 Å². The Kier molecular flexibility index (Phi) is 6.79. The number of carbonyl (C=O) groups is 1. The Hall–Kier alpha value is -3.19. The Labute approximate surface area is 190 Å². The fourth-order valence-corrected chi connectivity index (χ4v) is 4.23. The molecule has 4 N–H and O–H groups in total. The first-order valence-electron chi connectivity index (χ1n) is 10.3. The van der Waals surface area contributed by atoms with Crippen molar-refractivity contribution in [2.24, 2.45) is 11.1 Å². The smallest absolute Gasteiger partial charge is 0.333 e. The van der Waals surface area contributed by atoms with Crippen molar-refractivity contribution < 1.29 is 22.5 Å². The van der Waals surface area contributed by atoms with Crippen LogP contribution in [-0.4, -0.2) is 57.8 Å². The van der Waals surface area contributed by atoms with E-state index in [4.69, 9.17) is 5.14 Å². The molecule has 11 nitrogen and oxygen atoms in total. The van der Waals surface area contributed by atoms with E-state index in [9.17, 15) is 18.3 Å². The molecule has 12 heteroatoms. The molecule has 2 aromatic heterocycles. The fraction of sp³-hybridized carbons (Fsp3) is 0.333. The monoisotopic (exact) mass is 472 g/mol. The number of nitrogens with one attached hydrogen (secondary N) is 1. The molecule has 1 saturated carbocycles. The van der Waals surface area contributed by atoms with Crippen LogP contribution in [-0.2, 0) is 21.0 Å². The molecule has 1 aliphatic carbocycles. The third-order valence-corrected chi connectivity index (χ3v) is 5.93. The fourth-order valence-electron chi connectivity index (χ4n) is 3.87. The van der Waals surface area contributed by atoms with Gasteiger partial charge < -0.3 is 10.4 Å². The molecule has 3 atom stereocenters. The maximum Gasteiger partial charge on any atom is 0.333 e. The van der Waals surface area contributed by atoms with Crippen molar-refractivity contribution in [3.63, 3.8) is 0 Å². The van der Waals surface area contributed by atoms with E-state index in [1.807, 2.05) is 30.3 Å². The largest absolute Gasteiger partial charge is 0.393 e. The van der Waals surface area contributed by atoms with Crippen molar-refractivity contribution in [1.82, 2.24) is 19.7 Å². The standard InChI is InChI=1S/C21H24N6O5S/c22-33(30,31)32-12-15-8-16(9-19(15)28)25-21-17(10-23-13-24-21)20(29)18-6-7-27(26-18)11-14-4-2-1-3-5-14/h1-7,10,13,15-16,19,28H,8-9,11-12H2,(H2,22,30,31)(H,23,24,25)/t15-,16-,19+/m1/s1. The highest BCUT2D eigenvalue weighted by Crippen LogP contribution is 2.30. The van der Waals surface area contributed by atoms with Crippen LogP contribution in [0.2, 0.25) is 0 Å². The third-order valence-electron chi connectivity index (χ3n) is 5.46. The van der Waals surface area contributed by atoms with E-state index in [1.54, 1.807) is 16.9 Å². The maximum absolute atomic E-state index is 13.1. The Balaban J connectivity index is 1.44. The summed E-state index contributed by atoms with van der Waals surface area (Å²) >= 11 is 0. The van der Waals surface area contributed by atoms with Gasteiger partial charge in [0.1, 0.15) is 17.8 Å². The molecule has 0 amide bonds. The van der Waals surface area contributed by atoms with Gasteiger partial charge >= 0.3 is 10.3 Å². The molecule has 0 bridgehead atoms. The van der Waals surface area contributed by atoms with Crippen molar-refractivity contribution in [3.05, 3.63) is 71.9 Å². The first-order chi connectivity index (χ1) is 15.8. The summed E-state index contributed by atoms with van der Waals surface area (Å²) in [5, 5.41) is 22.7. The summed E-state index contributed by atoms with van der Waals surface area (Å²) in [6, 6.07) is 11.2. The number of hydrogen-bond acceptors (Lipinski definition) is 9. The number of aliphatic hydroxyl groups excluding tert-OH is 1. The van der Waals surface area contributed by atoms with E-state index in [2.05, 4.69) is 24.6 Å². The van der Waals surface area contributed by atoms with Crippen LogP contribution in [0.15, 0.2) is 55.1 Å². The zero-order valence-corrected chi connectivity index (χ0v) is 18.4.